The molecule has 2 N–H and O–H groups in total. The number of aliphatic carboxylic acids is 2. The van der Waals surface area contributed by atoms with E-state index in [0.717, 1.165) is 70.2 Å². The highest BCUT2D eigenvalue weighted by molar-refractivity contribution is 6.30. The molecule has 188 valence electrons. The number of piperazine rings is 1. The van der Waals surface area contributed by atoms with Crippen molar-refractivity contribution in [3.8, 4) is 0 Å². The number of nitrogens with zero attached hydrogens (tertiary/aromatic N) is 3. The van der Waals surface area contributed by atoms with Gasteiger partial charge in [-0.05, 0) is 49.2 Å². The zero-order valence-corrected chi connectivity index (χ0v) is 20.4. The second kappa shape index (κ2) is 13.2. The number of carboxylic acids is 2. The average molecular weight is 502 g/mol. The molecule has 2 aromatic rings. The number of benzene rings is 2. The Morgan fingerprint density at radius 2 is 1.20 bits per heavy atom. The predicted molar refractivity (Wildman–Crippen MR) is 133 cm³/mol. The van der Waals surface area contributed by atoms with E-state index < -0.39 is 11.9 Å². The van der Waals surface area contributed by atoms with Crippen LogP contribution in [0, 0.1) is 5.92 Å². The molecular formula is C26H32ClN3O5. The van der Waals surface area contributed by atoms with Crippen LogP contribution in [0.2, 0.25) is 5.02 Å². The molecule has 2 saturated heterocycles. The first kappa shape index (κ1) is 26.7. The third kappa shape index (κ3) is 8.65. The molecule has 0 spiro atoms. The number of hydrogen-bond acceptors (Lipinski definition) is 5. The number of amides is 1. The maximum atomic E-state index is 13.0. The lowest BCUT2D eigenvalue weighted by Gasteiger charge is -2.38. The van der Waals surface area contributed by atoms with Gasteiger partial charge in [0.05, 0.1) is 0 Å². The second-order valence-corrected chi connectivity index (χ2v) is 9.31. The molecule has 0 bridgehead atoms. The largest absolute Gasteiger partial charge is 0.473 e. The summed E-state index contributed by atoms with van der Waals surface area (Å²) in [5.41, 5.74) is 2.63. The number of rotatable bonds is 5. The molecule has 0 aromatic heterocycles. The molecule has 2 heterocycles. The normalized spacial score (nSPS) is 17.3. The van der Waals surface area contributed by atoms with Crippen LogP contribution in [0.4, 0.5) is 0 Å². The molecule has 0 aliphatic carbocycles. The van der Waals surface area contributed by atoms with E-state index in [1.807, 2.05) is 12.1 Å². The monoisotopic (exact) mass is 501 g/mol. The minimum Gasteiger partial charge on any atom is -0.473 e. The molecule has 2 aliphatic heterocycles. The lowest BCUT2D eigenvalue weighted by atomic mass is 9.94. The van der Waals surface area contributed by atoms with Crippen molar-refractivity contribution in [2.45, 2.75) is 25.9 Å². The van der Waals surface area contributed by atoms with Gasteiger partial charge in [0.25, 0.3) is 0 Å². The molecule has 0 saturated carbocycles. The van der Waals surface area contributed by atoms with Gasteiger partial charge in [0.1, 0.15) is 0 Å². The summed E-state index contributed by atoms with van der Waals surface area (Å²) in [7, 11) is 0. The highest BCUT2D eigenvalue weighted by Crippen LogP contribution is 2.22. The molecule has 0 atom stereocenters. The van der Waals surface area contributed by atoms with Gasteiger partial charge >= 0.3 is 11.9 Å². The fourth-order valence-electron chi connectivity index (χ4n) is 4.41. The van der Waals surface area contributed by atoms with E-state index in [-0.39, 0.29) is 5.92 Å². The number of halogens is 1. The Hall–Kier alpha value is -2.94. The van der Waals surface area contributed by atoms with Crippen LogP contribution in [0.5, 0.6) is 0 Å². The summed E-state index contributed by atoms with van der Waals surface area (Å²) in [6.07, 6.45) is 1.94. The Morgan fingerprint density at radius 3 is 1.71 bits per heavy atom. The van der Waals surface area contributed by atoms with Crippen molar-refractivity contribution in [1.29, 1.82) is 0 Å². The molecule has 2 aromatic carbocycles. The lowest BCUT2D eigenvalue weighted by Crippen LogP contribution is -2.51. The molecule has 2 aliphatic rings. The Morgan fingerprint density at radius 1 is 0.714 bits per heavy atom. The van der Waals surface area contributed by atoms with Gasteiger partial charge in [0.2, 0.25) is 5.91 Å². The molecule has 0 unspecified atom stereocenters. The predicted octanol–water partition coefficient (Wildman–Crippen LogP) is 3.05. The summed E-state index contributed by atoms with van der Waals surface area (Å²) < 4.78 is 0. The minimum atomic E-state index is -1.82. The number of likely N-dealkylation sites (tertiary alicyclic amines) is 1. The number of carboxylic acid groups (broad SMARTS) is 2. The lowest BCUT2D eigenvalue weighted by molar-refractivity contribution is -0.159. The number of piperidine rings is 1. The smallest absolute Gasteiger partial charge is 0.414 e. The van der Waals surface area contributed by atoms with Gasteiger partial charge in [-0.25, -0.2) is 9.59 Å². The van der Waals surface area contributed by atoms with Crippen molar-refractivity contribution in [3.05, 3.63) is 70.7 Å². The fraction of sp³-hybridized carbons (Fsp3) is 0.423. The van der Waals surface area contributed by atoms with Gasteiger partial charge in [-0.2, -0.15) is 0 Å². The first-order chi connectivity index (χ1) is 16.8. The number of hydrogen-bond donors (Lipinski definition) is 2. The standard InChI is InChI=1S/C24H30ClN3O.C2H2O4/c25-23-8-6-21(7-9-23)19-26-12-10-22(11-13-26)24(29)28-16-14-27(15-17-28)18-20-4-2-1-3-5-20;3-1(4)2(5)6/h1-9,22H,10-19H2;(H,3,4)(H,5,6). The Kier molecular flexibility index (Phi) is 10.1. The van der Waals surface area contributed by atoms with Gasteiger partial charge in [0.15, 0.2) is 0 Å². The highest BCUT2D eigenvalue weighted by atomic mass is 35.5. The molecule has 4 rings (SSSR count). The summed E-state index contributed by atoms with van der Waals surface area (Å²) in [6.45, 7) is 7.56. The van der Waals surface area contributed by atoms with Gasteiger partial charge < -0.3 is 15.1 Å². The summed E-state index contributed by atoms with van der Waals surface area (Å²) >= 11 is 5.97. The first-order valence-electron chi connectivity index (χ1n) is 11.8. The fourth-order valence-corrected chi connectivity index (χ4v) is 4.54. The summed E-state index contributed by atoms with van der Waals surface area (Å²) in [5, 5.41) is 15.6. The third-order valence-electron chi connectivity index (χ3n) is 6.37. The van der Waals surface area contributed by atoms with Crippen LogP contribution in [0.15, 0.2) is 54.6 Å². The van der Waals surface area contributed by atoms with Crippen LogP contribution in [0.25, 0.3) is 0 Å². The topological polar surface area (TPSA) is 101 Å². The van der Waals surface area contributed by atoms with E-state index in [1.165, 1.54) is 11.1 Å². The van der Waals surface area contributed by atoms with Crippen molar-refractivity contribution in [3.63, 3.8) is 0 Å². The molecular weight excluding hydrogens is 470 g/mol. The van der Waals surface area contributed by atoms with Gasteiger partial charge in [-0.1, -0.05) is 54.1 Å². The van der Waals surface area contributed by atoms with Crippen molar-refractivity contribution in [1.82, 2.24) is 14.7 Å². The molecule has 9 heteroatoms. The van der Waals surface area contributed by atoms with Crippen LogP contribution in [-0.2, 0) is 27.5 Å². The van der Waals surface area contributed by atoms with Crippen molar-refractivity contribution in [2.24, 2.45) is 5.92 Å². The van der Waals surface area contributed by atoms with Gasteiger partial charge in [-0.15, -0.1) is 0 Å². The van der Waals surface area contributed by atoms with Crippen molar-refractivity contribution >= 4 is 29.4 Å². The number of carbonyl (C=O) groups excluding carboxylic acids is 1. The maximum absolute atomic E-state index is 13.0. The van der Waals surface area contributed by atoms with E-state index in [4.69, 9.17) is 31.4 Å². The van der Waals surface area contributed by atoms with Crippen LogP contribution >= 0.6 is 11.6 Å². The minimum absolute atomic E-state index is 0.192. The summed E-state index contributed by atoms with van der Waals surface area (Å²) in [4.78, 5) is 38.2. The second-order valence-electron chi connectivity index (χ2n) is 8.87. The highest BCUT2D eigenvalue weighted by Gasteiger charge is 2.30. The Labute approximate surface area is 210 Å². The SMILES string of the molecule is O=C(C1CCN(Cc2ccc(Cl)cc2)CC1)N1CCN(Cc2ccccc2)CC1.O=C(O)C(=O)O. The van der Waals surface area contributed by atoms with E-state index >= 15 is 0 Å². The van der Waals surface area contributed by atoms with E-state index in [9.17, 15) is 4.79 Å². The molecule has 2 fully saturated rings. The van der Waals surface area contributed by atoms with Gasteiger partial charge in [0, 0.05) is 50.2 Å². The molecule has 35 heavy (non-hydrogen) atoms. The van der Waals surface area contributed by atoms with Crippen molar-refractivity contribution in [2.75, 3.05) is 39.3 Å². The van der Waals surface area contributed by atoms with Crippen molar-refractivity contribution < 1.29 is 24.6 Å². The van der Waals surface area contributed by atoms with Crippen LogP contribution in [0.3, 0.4) is 0 Å². The van der Waals surface area contributed by atoms with Gasteiger partial charge in [-0.3, -0.25) is 14.6 Å². The third-order valence-corrected chi connectivity index (χ3v) is 6.62. The zero-order chi connectivity index (χ0) is 25.2. The first-order valence-corrected chi connectivity index (χ1v) is 12.2. The van der Waals surface area contributed by atoms with E-state index in [1.54, 1.807) is 0 Å². The zero-order valence-electron chi connectivity index (χ0n) is 19.7. The summed E-state index contributed by atoms with van der Waals surface area (Å²) in [6, 6.07) is 18.7. The maximum Gasteiger partial charge on any atom is 0.414 e. The summed E-state index contributed by atoms with van der Waals surface area (Å²) in [5.74, 6) is -3.09. The van der Waals surface area contributed by atoms with Crippen LogP contribution in [-0.4, -0.2) is 82.0 Å². The van der Waals surface area contributed by atoms with Crippen LogP contribution < -0.4 is 0 Å². The molecule has 8 nitrogen and oxygen atoms in total. The quantitative estimate of drug-likeness (QED) is 0.607. The molecule has 1 amide bonds. The Bertz CT molecular complexity index is 958. The van der Waals surface area contributed by atoms with E-state index in [2.05, 4.69) is 57.2 Å². The average Bonchev–Trinajstić information content (AvgIpc) is 2.87. The number of carbonyl (C=O) groups is 3. The molecule has 0 radical (unpaired) electrons. The Balaban J connectivity index is 0.000000509. The van der Waals surface area contributed by atoms with Crippen LogP contribution in [0.1, 0.15) is 24.0 Å². The van der Waals surface area contributed by atoms with E-state index in [0.29, 0.717) is 5.91 Å².